The van der Waals surface area contributed by atoms with E-state index in [1.807, 2.05) is 6.08 Å². The number of halogens is 1. The van der Waals surface area contributed by atoms with Crippen LogP contribution in [0, 0.1) is 0 Å². The third kappa shape index (κ3) is 1.53. The summed E-state index contributed by atoms with van der Waals surface area (Å²) in [5, 5.41) is 3.38. The molecule has 0 aliphatic heterocycles. The van der Waals surface area contributed by atoms with E-state index >= 15 is 0 Å². The van der Waals surface area contributed by atoms with E-state index in [4.69, 9.17) is 11.6 Å². The predicted molar refractivity (Wildman–Crippen MR) is 45.5 cm³/mol. The van der Waals surface area contributed by atoms with Crippen molar-refractivity contribution >= 4 is 11.6 Å². The Morgan fingerprint density at radius 3 is 2.60 bits per heavy atom. The Labute approximate surface area is 67.5 Å². The molecule has 58 valence electrons. The monoisotopic (exact) mass is 159 g/mol. The second-order valence-corrected chi connectivity index (χ2v) is 3.20. The lowest BCUT2D eigenvalue weighted by Crippen LogP contribution is -2.52. The van der Waals surface area contributed by atoms with Gasteiger partial charge in [0, 0.05) is 18.0 Å². The van der Waals surface area contributed by atoms with Crippen LogP contribution in [0.1, 0.15) is 19.3 Å². The first-order valence-corrected chi connectivity index (χ1v) is 4.28. The molecule has 0 aromatic rings. The van der Waals surface area contributed by atoms with Gasteiger partial charge in [-0.15, -0.1) is 18.2 Å². The van der Waals surface area contributed by atoms with Crippen LogP contribution >= 0.6 is 11.6 Å². The minimum Gasteiger partial charge on any atom is -0.307 e. The number of alkyl halides is 1. The zero-order valence-corrected chi connectivity index (χ0v) is 6.95. The Morgan fingerprint density at radius 1 is 1.60 bits per heavy atom. The highest BCUT2D eigenvalue weighted by molar-refractivity contribution is 6.18. The van der Waals surface area contributed by atoms with E-state index in [0.29, 0.717) is 0 Å². The molecular formula is C8H14ClN. The lowest BCUT2D eigenvalue weighted by molar-refractivity contribution is 0.221. The maximum atomic E-state index is 5.80. The molecule has 1 aliphatic rings. The van der Waals surface area contributed by atoms with E-state index in [1.54, 1.807) is 0 Å². The van der Waals surface area contributed by atoms with Crippen molar-refractivity contribution in [1.29, 1.82) is 0 Å². The molecule has 0 aromatic carbocycles. The Hall–Kier alpha value is -0.0100. The van der Waals surface area contributed by atoms with Crippen molar-refractivity contribution in [3.63, 3.8) is 0 Å². The number of hydrogen-bond donors (Lipinski definition) is 1. The van der Waals surface area contributed by atoms with Crippen molar-refractivity contribution in [2.24, 2.45) is 0 Å². The van der Waals surface area contributed by atoms with Crippen LogP contribution in [0.15, 0.2) is 12.7 Å². The van der Waals surface area contributed by atoms with Crippen LogP contribution in [0.25, 0.3) is 0 Å². The average molecular weight is 160 g/mol. The minimum absolute atomic E-state index is 0.260. The third-order valence-corrected chi connectivity index (χ3v) is 2.70. The van der Waals surface area contributed by atoms with Gasteiger partial charge in [0.15, 0.2) is 0 Å². The molecule has 1 rings (SSSR count). The normalized spacial score (nSPS) is 21.7. The van der Waals surface area contributed by atoms with Crippen molar-refractivity contribution in [2.45, 2.75) is 24.8 Å². The van der Waals surface area contributed by atoms with Gasteiger partial charge in [0.05, 0.1) is 0 Å². The molecule has 2 heteroatoms. The van der Waals surface area contributed by atoms with E-state index in [9.17, 15) is 0 Å². The molecule has 1 saturated carbocycles. The lowest BCUT2D eigenvalue weighted by atomic mass is 9.78. The zero-order chi connectivity index (χ0) is 7.45. The third-order valence-electron chi connectivity index (χ3n) is 2.19. The van der Waals surface area contributed by atoms with Crippen LogP contribution in [-0.2, 0) is 0 Å². The topological polar surface area (TPSA) is 12.0 Å². The second-order valence-electron chi connectivity index (χ2n) is 2.94. The zero-order valence-electron chi connectivity index (χ0n) is 6.20. The second kappa shape index (κ2) is 3.40. The molecule has 1 fully saturated rings. The minimum atomic E-state index is 0.260. The summed E-state index contributed by atoms with van der Waals surface area (Å²) in [6.45, 7) is 4.53. The Morgan fingerprint density at radius 2 is 2.30 bits per heavy atom. The first kappa shape index (κ1) is 8.09. The van der Waals surface area contributed by atoms with Gasteiger partial charge in [-0.05, 0) is 19.3 Å². The van der Waals surface area contributed by atoms with Crippen LogP contribution in [0.4, 0.5) is 0 Å². The Bertz CT molecular complexity index is 113. The fourth-order valence-electron chi connectivity index (χ4n) is 1.25. The van der Waals surface area contributed by atoms with Crippen LogP contribution in [0.2, 0.25) is 0 Å². The highest BCUT2D eigenvalue weighted by Crippen LogP contribution is 2.32. The first-order chi connectivity index (χ1) is 4.83. The van der Waals surface area contributed by atoms with Gasteiger partial charge < -0.3 is 5.32 Å². The quantitative estimate of drug-likeness (QED) is 0.488. The summed E-state index contributed by atoms with van der Waals surface area (Å²) in [6, 6.07) is 0. The largest absolute Gasteiger partial charge is 0.307 e. The van der Waals surface area contributed by atoms with Gasteiger partial charge >= 0.3 is 0 Å². The summed E-state index contributed by atoms with van der Waals surface area (Å²) in [5.74, 6) is 0.737. The molecule has 10 heavy (non-hydrogen) atoms. The molecule has 1 N–H and O–H groups in total. The molecule has 0 amide bonds. The van der Waals surface area contributed by atoms with E-state index in [0.717, 1.165) is 12.4 Å². The SMILES string of the molecule is C=CCNC1(CCl)CCC1. The van der Waals surface area contributed by atoms with E-state index < -0.39 is 0 Å². The average Bonchev–Trinajstić information content (AvgIpc) is 1.87. The number of nitrogens with one attached hydrogen (secondary N) is 1. The van der Waals surface area contributed by atoms with E-state index in [-0.39, 0.29) is 5.54 Å². The van der Waals surface area contributed by atoms with Crippen LogP contribution in [0.3, 0.4) is 0 Å². The van der Waals surface area contributed by atoms with Gasteiger partial charge in [-0.2, -0.15) is 0 Å². The summed E-state index contributed by atoms with van der Waals surface area (Å²) >= 11 is 5.80. The summed E-state index contributed by atoms with van der Waals surface area (Å²) < 4.78 is 0. The van der Waals surface area contributed by atoms with E-state index in [2.05, 4.69) is 11.9 Å². The predicted octanol–water partition coefficient (Wildman–Crippen LogP) is 1.92. The summed E-state index contributed by atoms with van der Waals surface area (Å²) in [4.78, 5) is 0. The highest BCUT2D eigenvalue weighted by Gasteiger charge is 2.34. The number of hydrogen-bond acceptors (Lipinski definition) is 1. The Kier molecular flexibility index (Phi) is 2.75. The fourth-order valence-corrected chi connectivity index (χ4v) is 1.61. The van der Waals surface area contributed by atoms with Crippen LogP contribution < -0.4 is 5.32 Å². The van der Waals surface area contributed by atoms with Gasteiger partial charge in [-0.3, -0.25) is 0 Å². The number of rotatable bonds is 4. The molecule has 0 bridgehead atoms. The summed E-state index contributed by atoms with van der Waals surface area (Å²) in [7, 11) is 0. The molecule has 0 radical (unpaired) electrons. The summed E-state index contributed by atoms with van der Waals surface area (Å²) in [6.07, 6.45) is 5.65. The standard InChI is InChI=1S/C8H14ClN/c1-2-6-10-8(7-9)4-3-5-8/h2,10H,1,3-7H2. The molecule has 0 saturated heterocycles. The van der Waals surface area contributed by atoms with Crippen molar-refractivity contribution < 1.29 is 0 Å². The summed E-state index contributed by atoms with van der Waals surface area (Å²) in [5.41, 5.74) is 0.260. The van der Waals surface area contributed by atoms with Crippen molar-refractivity contribution in [3.05, 3.63) is 12.7 Å². The van der Waals surface area contributed by atoms with E-state index in [1.165, 1.54) is 19.3 Å². The van der Waals surface area contributed by atoms with Crippen molar-refractivity contribution in [3.8, 4) is 0 Å². The molecule has 0 unspecified atom stereocenters. The first-order valence-electron chi connectivity index (χ1n) is 3.75. The van der Waals surface area contributed by atoms with Gasteiger partial charge in [-0.1, -0.05) is 6.08 Å². The molecular weight excluding hydrogens is 146 g/mol. The van der Waals surface area contributed by atoms with Crippen molar-refractivity contribution in [1.82, 2.24) is 5.32 Å². The van der Waals surface area contributed by atoms with Gasteiger partial charge in [-0.25, -0.2) is 0 Å². The molecule has 1 aliphatic carbocycles. The molecule has 0 spiro atoms. The van der Waals surface area contributed by atoms with Gasteiger partial charge in [0.25, 0.3) is 0 Å². The van der Waals surface area contributed by atoms with Gasteiger partial charge in [0.2, 0.25) is 0 Å². The highest BCUT2D eigenvalue weighted by atomic mass is 35.5. The van der Waals surface area contributed by atoms with Crippen LogP contribution in [-0.4, -0.2) is 18.0 Å². The lowest BCUT2D eigenvalue weighted by Gasteiger charge is -2.41. The van der Waals surface area contributed by atoms with Gasteiger partial charge in [0.1, 0.15) is 0 Å². The maximum absolute atomic E-state index is 5.80. The fraction of sp³-hybridized carbons (Fsp3) is 0.750. The maximum Gasteiger partial charge on any atom is 0.0406 e. The molecule has 1 nitrogen and oxygen atoms in total. The van der Waals surface area contributed by atoms with Crippen LogP contribution in [0.5, 0.6) is 0 Å². The Balaban J connectivity index is 2.26. The molecule has 0 atom stereocenters. The molecule has 0 heterocycles. The smallest absolute Gasteiger partial charge is 0.0406 e. The molecule has 0 aromatic heterocycles. The van der Waals surface area contributed by atoms with Crippen molar-refractivity contribution in [2.75, 3.05) is 12.4 Å².